The Morgan fingerprint density at radius 3 is 2.82 bits per heavy atom. The average molecular weight is 405 g/mol. The van der Waals surface area contributed by atoms with Gasteiger partial charge in [-0.2, -0.15) is 0 Å². The Hall–Kier alpha value is -3.14. The number of sulfonamides is 1. The molecule has 0 saturated carbocycles. The summed E-state index contributed by atoms with van der Waals surface area (Å²) in [4.78, 5) is 25.8. The molecule has 2 heterocycles. The van der Waals surface area contributed by atoms with E-state index in [-0.39, 0.29) is 23.7 Å². The van der Waals surface area contributed by atoms with Crippen molar-refractivity contribution in [1.82, 2.24) is 4.90 Å². The first-order chi connectivity index (χ1) is 13.4. The zero-order valence-electron chi connectivity index (χ0n) is 15.1. The molecule has 1 aromatic carbocycles. The second-order valence-electron chi connectivity index (χ2n) is 5.90. The molecular weight excluding hydrogens is 386 g/mol. The predicted molar refractivity (Wildman–Crippen MR) is 102 cm³/mol. The number of nitrogens with zero attached hydrogens (tertiary/aromatic N) is 2. The van der Waals surface area contributed by atoms with Crippen LogP contribution < -0.4 is 10.1 Å². The molecule has 28 heavy (non-hydrogen) atoms. The van der Waals surface area contributed by atoms with E-state index in [0.29, 0.717) is 18.0 Å². The van der Waals surface area contributed by atoms with Crippen molar-refractivity contribution in [3.63, 3.8) is 0 Å². The average Bonchev–Trinajstić information content (AvgIpc) is 2.67. The quantitative estimate of drug-likeness (QED) is 0.704. The molecule has 0 bridgehead atoms. The van der Waals surface area contributed by atoms with Gasteiger partial charge in [0.05, 0.1) is 23.6 Å². The van der Waals surface area contributed by atoms with E-state index in [1.54, 1.807) is 29.2 Å². The van der Waals surface area contributed by atoms with E-state index in [1.165, 1.54) is 18.4 Å². The molecule has 0 spiro atoms. The fourth-order valence-corrected chi connectivity index (χ4v) is 3.54. The van der Waals surface area contributed by atoms with E-state index in [2.05, 4.69) is 9.71 Å². The van der Waals surface area contributed by atoms with Crippen LogP contribution in [0, 0.1) is 0 Å². The number of carbonyl (C=O) groups excluding carboxylic acids is 2. The Morgan fingerprint density at radius 1 is 1.25 bits per heavy atom. The molecule has 3 rings (SSSR count). The number of nitrogens with one attached hydrogen (secondary N) is 1. The number of ether oxygens (including phenoxy) is 2. The minimum atomic E-state index is -3.46. The van der Waals surface area contributed by atoms with E-state index in [4.69, 9.17) is 9.47 Å². The van der Waals surface area contributed by atoms with Crippen molar-refractivity contribution in [2.75, 3.05) is 30.8 Å². The van der Waals surface area contributed by atoms with Crippen LogP contribution in [0.1, 0.15) is 6.92 Å². The Kier molecular flexibility index (Phi) is 5.78. The second kappa shape index (κ2) is 8.26. The predicted octanol–water partition coefficient (Wildman–Crippen LogP) is 1.06. The molecule has 2 aliphatic heterocycles. The van der Waals surface area contributed by atoms with Crippen LogP contribution in [0.3, 0.4) is 0 Å². The summed E-state index contributed by atoms with van der Waals surface area (Å²) in [6.45, 7) is 2.00. The minimum absolute atomic E-state index is 0.134. The number of para-hydroxylation sites is 2. The van der Waals surface area contributed by atoms with E-state index in [1.807, 2.05) is 6.92 Å². The first-order valence-electron chi connectivity index (χ1n) is 8.56. The van der Waals surface area contributed by atoms with Crippen LogP contribution in [0.4, 0.5) is 5.69 Å². The van der Waals surface area contributed by atoms with Crippen molar-refractivity contribution in [3.05, 3.63) is 48.2 Å². The lowest BCUT2D eigenvalue weighted by atomic mass is 10.2. The van der Waals surface area contributed by atoms with E-state index < -0.39 is 28.5 Å². The van der Waals surface area contributed by atoms with Crippen molar-refractivity contribution in [2.24, 2.45) is 4.40 Å². The number of carbonyl (C=O) groups is 2. The first kappa shape index (κ1) is 19.6. The van der Waals surface area contributed by atoms with Crippen molar-refractivity contribution < 1.29 is 27.5 Å². The molecule has 1 aromatic rings. The lowest BCUT2D eigenvalue weighted by Gasteiger charge is -2.26. The second-order valence-corrected chi connectivity index (χ2v) is 7.65. The summed E-state index contributed by atoms with van der Waals surface area (Å²) in [5.74, 6) is -0.572. The Bertz CT molecular complexity index is 981. The molecule has 0 radical (unpaired) electrons. The van der Waals surface area contributed by atoms with Crippen LogP contribution in [-0.2, 0) is 24.3 Å². The van der Waals surface area contributed by atoms with E-state index in [0.717, 1.165) is 0 Å². The highest BCUT2D eigenvalue weighted by Gasteiger charge is 2.25. The monoisotopic (exact) mass is 405 g/mol. The van der Waals surface area contributed by atoms with Crippen molar-refractivity contribution in [3.8, 4) is 5.75 Å². The van der Waals surface area contributed by atoms with Gasteiger partial charge >= 0.3 is 5.97 Å². The number of benzene rings is 1. The van der Waals surface area contributed by atoms with E-state index in [9.17, 15) is 18.0 Å². The van der Waals surface area contributed by atoms with Gasteiger partial charge in [-0.1, -0.05) is 12.1 Å². The molecular formula is C18H19N3O6S. The van der Waals surface area contributed by atoms with Crippen LogP contribution >= 0.6 is 0 Å². The smallest absolute Gasteiger partial charge is 0.340 e. The topological polar surface area (TPSA) is 114 Å². The van der Waals surface area contributed by atoms with Crippen LogP contribution in [-0.4, -0.2) is 56.5 Å². The van der Waals surface area contributed by atoms with Crippen LogP contribution in [0.5, 0.6) is 5.75 Å². The zero-order chi connectivity index (χ0) is 20.1. The molecule has 9 nitrogen and oxygen atoms in total. The molecule has 0 atom stereocenters. The number of rotatable bonds is 6. The highest BCUT2D eigenvalue weighted by atomic mass is 32.2. The zero-order valence-corrected chi connectivity index (χ0v) is 15.9. The number of esters is 1. The third kappa shape index (κ3) is 4.77. The third-order valence-corrected chi connectivity index (χ3v) is 5.02. The maximum atomic E-state index is 12.2. The van der Waals surface area contributed by atoms with Gasteiger partial charge in [-0.3, -0.25) is 4.79 Å². The molecule has 1 N–H and O–H groups in total. The summed E-state index contributed by atoms with van der Waals surface area (Å²) in [6, 6.07) is 6.94. The SMILES string of the molecule is CCOc1ccccc1NC(=O)COC(=O)C1=CN2CCS(=O)(=O)N=C2C=C1. The van der Waals surface area contributed by atoms with Gasteiger partial charge in [-0.25, -0.2) is 13.2 Å². The third-order valence-electron chi connectivity index (χ3n) is 3.85. The minimum Gasteiger partial charge on any atom is -0.492 e. The highest BCUT2D eigenvalue weighted by Crippen LogP contribution is 2.23. The normalized spacial score (nSPS) is 17.1. The Balaban J connectivity index is 1.57. The van der Waals surface area contributed by atoms with Crippen LogP contribution in [0.25, 0.3) is 0 Å². The van der Waals surface area contributed by atoms with Gasteiger partial charge in [0.1, 0.15) is 11.6 Å². The maximum Gasteiger partial charge on any atom is 0.340 e. The summed E-state index contributed by atoms with van der Waals surface area (Å²) in [5, 5.41) is 2.63. The van der Waals surface area contributed by atoms with Gasteiger partial charge in [0, 0.05) is 12.7 Å². The first-order valence-corrected chi connectivity index (χ1v) is 10.2. The number of anilines is 1. The van der Waals surface area contributed by atoms with Crippen LogP contribution in [0.2, 0.25) is 0 Å². The Morgan fingerprint density at radius 2 is 2.04 bits per heavy atom. The van der Waals surface area contributed by atoms with Crippen LogP contribution in [0.15, 0.2) is 52.6 Å². The number of fused-ring (bicyclic) bond motifs is 1. The lowest BCUT2D eigenvalue weighted by Crippen LogP contribution is -2.37. The summed E-state index contributed by atoms with van der Waals surface area (Å²) < 4.78 is 37.1. The summed E-state index contributed by atoms with van der Waals surface area (Å²) in [7, 11) is -3.46. The molecule has 1 amide bonds. The highest BCUT2D eigenvalue weighted by molar-refractivity contribution is 7.90. The molecule has 0 aromatic heterocycles. The van der Waals surface area contributed by atoms with Gasteiger partial charge < -0.3 is 19.7 Å². The molecule has 10 heteroatoms. The molecule has 2 aliphatic rings. The van der Waals surface area contributed by atoms with Crippen molar-refractivity contribution in [1.29, 1.82) is 0 Å². The van der Waals surface area contributed by atoms with Gasteiger partial charge in [0.15, 0.2) is 6.61 Å². The van der Waals surface area contributed by atoms with Gasteiger partial charge in [0.2, 0.25) is 0 Å². The fraction of sp³-hybridized carbons (Fsp3) is 0.278. The van der Waals surface area contributed by atoms with Crippen molar-refractivity contribution >= 4 is 33.4 Å². The molecule has 148 valence electrons. The van der Waals surface area contributed by atoms with Gasteiger partial charge in [-0.05, 0) is 31.2 Å². The lowest BCUT2D eigenvalue weighted by molar-refractivity contribution is -0.143. The number of hydrogen-bond acceptors (Lipinski definition) is 7. The molecule has 0 fully saturated rings. The summed E-state index contributed by atoms with van der Waals surface area (Å²) >= 11 is 0. The van der Waals surface area contributed by atoms with Crippen molar-refractivity contribution in [2.45, 2.75) is 6.92 Å². The largest absolute Gasteiger partial charge is 0.492 e. The number of hydrogen-bond donors (Lipinski definition) is 1. The van der Waals surface area contributed by atoms with E-state index >= 15 is 0 Å². The summed E-state index contributed by atoms with van der Waals surface area (Å²) in [5.41, 5.74) is 0.679. The van der Waals surface area contributed by atoms with Gasteiger partial charge in [-0.15, -0.1) is 4.40 Å². The summed E-state index contributed by atoms with van der Waals surface area (Å²) in [6.07, 6.45) is 4.28. The molecule has 0 unspecified atom stereocenters. The molecule has 0 aliphatic carbocycles. The molecule has 0 saturated heterocycles. The maximum absolute atomic E-state index is 12.2. The Labute approximate surface area is 162 Å². The standard InChI is InChI=1S/C18H19N3O6S/c1-2-26-15-6-4-3-5-14(15)19-17(22)12-27-18(23)13-7-8-16-20-28(24,25)10-9-21(16)11-13/h3-8,11H,2,9-10,12H2,1H3,(H,19,22). The number of amidine groups is 1. The number of amides is 1. The fourth-order valence-electron chi connectivity index (χ4n) is 2.57. The van der Waals surface area contributed by atoms with Gasteiger partial charge in [0.25, 0.3) is 15.9 Å².